The lowest BCUT2D eigenvalue weighted by Gasteiger charge is -2.07. The smallest absolute Gasteiger partial charge is 0.310 e. The number of ketones is 2. The topological polar surface area (TPSA) is 94.5 Å². The molecule has 0 aliphatic heterocycles. The van der Waals surface area contributed by atoms with Crippen molar-refractivity contribution in [2.45, 2.75) is 60.5 Å². The Morgan fingerprint density at radius 3 is 1.18 bits per heavy atom. The highest BCUT2D eigenvalue weighted by Gasteiger charge is 2.33. The van der Waals surface area contributed by atoms with Crippen molar-refractivity contribution in [1.29, 1.82) is 0 Å². The van der Waals surface area contributed by atoms with E-state index in [1.807, 2.05) is 96.3 Å². The molecule has 7 aromatic rings. The lowest BCUT2D eigenvalue weighted by atomic mass is 10.0. The van der Waals surface area contributed by atoms with Crippen LogP contribution in [0.1, 0.15) is 77.7 Å². The van der Waals surface area contributed by atoms with Crippen LogP contribution in [-0.4, -0.2) is 36.7 Å². The number of esters is 2. The molecule has 0 aliphatic carbocycles. The summed E-state index contributed by atoms with van der Waals surface area (Å²) in [7, 11) is 0. The predicted octanol–water partition coefficient (Wildman–Crippen LogP) is 5.77. The largest absolute Gasteiger partial charge is 1.00 e. The van der Waals surface area contributed by atoms with Crippen LogP contribution < -0.4 is 57.1 Å². The average Bonchev–Trinajstić information content (AvgIpc) is 3.83. The number of ether oxygens (including phenoxy) is 2. The lowest BCUT2D eigenvalue weighted by Crippen LogP contribution is -3.00. The molecule has 0 saturated heterocycles. The Morgan fingerprint density at radius 1 is 0.530 bits per heavy atom. The van der Waals surface area contributed by atoms with Crippen molar-refractivity contribution in [1.82, 2.24) is 0 Å². The number of carbonyl (C=O) groups excluding carboxylic acids is 4. The number of aromatic nitrogens is 2. The van der Waals surface area contributed by atoms with Gasteiger partial charge in [-0.05, 0) is 98.5 Å². The quantitative estimate of drug-likeness (QED) is 0.0352. The SMILES string of the molecule is CCOC(=O)Cc1c(C(=O)c2ccc(Br)cc2)sc(SCc2ccc(CSc3sc(C(=O)c4ccc(Br)cc4)c(CC(=O)OCC)c3-[n+]3ccc(C)cc3)cc2)c1-[n+]1ccc(C)cc1.[I-].[I-]. The first-order valence-corrected chi connectivity index (χ1v) is 25.6. The van der Waals surface area contributed by atoms with Crippen LogP contribution >= 0.6 is 78.1 Å². The highest BCUT2D eigenvalue weighted by Crippen LogP contribution is 2.42. The molecule has 0 atom stereocenters. The van der Waals surface area contributed by atoms with Gasteiger partial charge in [-0.3, -0.25) is 19.2 Å². The third-order valence-corrected chi connectivity index (χ3v) is 16.2. The van der Waals surface area contributed by atoms with Gasteiger partial charge in [-0.1, -0.05) is 56.1 Å². The number of hydrogen-bond acceptors (Lipinski definition) is 10. The summed E-state index contributed by atoms with van der Waals surface area (Å²) in [4.78, 5) is 55.5. The van der Waals surface area contributed by atoms with Crippen LogP contribution in [0.15, 0.2) is 139 Å². The van der Waals surface area contributed by atoms with E-state index in [0.29, 0.717) is 43.5 Å². The van der Waals surface area contributed by atoms with Crippen LogP contribution in [0.3, 0.4) is 0 Å². The fourth-order valence-corrected chi connectivity index (χ4v) is 12.4. The molecule has 0 unspecified atom stereocenters. The van der Waals surface area contributed by atoms with E-state index in [1.54, 1.807) is 61.6 Å². The van der Waals surface area contributed by atoms with Crippen molar-refractivity contribution in [3.8, 4) is 11.4 Å². The summed E-state index contributed by atoms with van der Waals surface area (Å²) >= 11 is 13.0. The summed E-state index contributed by atoms with van der Waals surface area (Å²) in [5.41, 5.74) is 8.32. The minimum Gasteiger partial charge on any atom is -1.00 e. The van der Waals surface area contributed by atoms with Crippen LogP contribution in [0.5, 0.6) is 0 Å². The zero-order valence-corrected chi connectivity index (χ0v) is 47.0. The Balaban J connectivity index is 0.00000408. The van der Waals surface area contributed by atoms with Gasteiger partial charge in [-0.25, -0.2) is 0 Å². The fourth-order valence-electron chi connectivity index (χ4n) is 6.79. The molecule has 0 radical (unpaired) electrons. The second kappa shape index (κ2) is 25.4. The number of thiophene rings is 2. The summed E-state index contributed by atoms with van der Waals surface area (Å²) in [6.07, 6.45) is 7.78. The zero-order valence-electron chi connectivity index (χ0n) is 36.3. The van der Waals surface area contributed by atoms with Crippen molar-refractivity contribution in [3.63, 3.8) is 0 Å². The van der Waals surface area contributed by atoms with Gasteiger partial charge >= 0.3 is 11.9 Å². The van der Waals surface area contributed by atoms with Gasteiger partial charge < -0.3 is 57.4 Å². The second-order valence-corrected chi connectivity index (χ2v) is 21.0. The molecule has 0 N–H and O–H groups in total. The van der Waals surface area contributed by atoms with E-state index < -0.39 is 0 Å². The molecule has 3 aromatic carbocycles. The standard InChI is InChI=1S/C50H44Br2N2O6S4.2HI/c1-5-59-41(55)27-39-43(53-23-19-31(3)20-24-53)49(63-47(39)45(57)35-11-15-37(51)16-12-35)61-29-33-7-9-34(10-8-33)30-62-50-44(54-25-21-32(4)22-26-54)40(28-42(56)60-6-2)48(64-50)46(58)36-13-17-38(52)18-14-36;;/h7-26H,5-6,27-30H2,1-4H3;2*1H/q+2;;/p-2. The van der Waals surface area contributed by atoms with Crippen LogP contribution in [0.25, 0.3) is 11.4 Å². The molecule has 8 nitrogen and oxygen atoms in total. The first kappa shape index (κ1) is 53.7. The number of benzene rings is 3. The fraction of sp³-hybridized carbons (Fsp3) is 0.200. The maximum Gasteiger partial charge on any atom is 0.310 e. The molecule has 7 rings (SSSR count). The number of pyridine rings is 2. The Kier molecular flexibility index (Phi) is 20.7. The minimum absolute atomic E-state index is 0. The Hall–Kier alpha value is -3.24. The van der Waals surface area contributed by atoms with E-state index in [1.165, 1.54) is 22.7 Å². The molecule has 66 heavy (non-hydrogen) atoms. The number of halogens is 4. The molecule has 0 bridgehead atoms. The molecule has 4 aromatic heterocycles. The van der Waals surface area contributed by atoms with Gasteiger partial charge in [0, 0.05) is 55.8 Å². The second-order valence-electron chi connectivity index (χ2n) is 14.7. The maximum atomic E-state index is 14.1. The van der Waals surface area contributed by atoms with E-state index in [4.69, 9.17) is 9.47 Å². The van der Waals surface area contributed by atoms with Crippen molar-refractivity contribution < 1.29 is 85.7 Å². The van der Waals surface area contributed by atoms with Gasteiger partial charge in [0.15, 0.2) is 24.8 Å². The van der Waals surface area contributed by atoms with Gasteiger partial charge in [-0.2, -0.15) is 9.13 Å². The number of rotatable bonds is 18. The predicted molar refractivity (Wildman–Crippen MR) is 263 cm³/mol. The number of nitrogens with zero attached hydrogens (tertiary/aromatic N) is 2. The van der Waals surface area contributed by atoms with E-state index in [0.717, 1.165) is 51.0 Å². The summed E-state index contributed by atoms with van der Waals surface area (Å²) in [5.74, 6) is 0.170. The van der Waals surface area contributed by atoms with Crippen LogP contribution in [0, 0.1) is 13.8 Å². The molecular formula is C50H44Br2I2N2O6S4. The van der Waals surface area contributed by atoms with Crippen LogP contribution in [0.4, 0.5) is 0 Å². The lowest BCUT2D eigenvalue weighted by molar-refractivity contribution is -0.598. The number of thioether (sulfide) groups is 2. The molecular weight excluding hydrogens is 1270 g/mol. The zero-order chi connectivity index (χ0) is 45.3. The van der Waals surface area contributed by atoms with Crippen molar-refractivity contribution in [2.24, 2.45) is 0 Å². The van der Waals surface area contributed by atoms with Crippen LogP contribution in [0.2, 0.25) is 0 Å². The molecule has 0 fully saturated rings. The van der Waals surface area contributed by atoms with Crippen molar-refractivity contribution >= 4 is 102 Å². The molecule has 16 heteroatoms. The molecule has 4 heterocycles. The third-order valence-electron chi connectivity index (χ3n) is 10.0. The monoisotopic (exact) mass is 1310 g/mol. The van der Waals surface area contributed by atoms with Gasteiger partial charge in [0.1, 0.15) is 8.42 Å². The molecule has 0 saturated carbocycles. The van der Waals surface area contributed by atoms with Gasteiger partial charge in [0.2, 0.25) is 22.9 Å². The summed E-state index contributed by atoms with van der Waals surface area (Å²) < 4.78 is 18.4. The Labute approximate surface area is 452 Å². The maximum absolute atomic E-state index is 14.1. The van der Waals surface area contributed by atoms with Gasteiger partial charge in [-0.15, -0.1) is 46.2 Å². The summed E-state index contributed by atoms with van der Waals surface area (Å²) in [5, 5.41) is 0. The number of aryl methyl sites for hydroxylation is 2. The van der Waals surface area contributed by atoms with Crippen molar-refractivity contribution in [2.75, 3.05) is 13.2 Å². The first-order valence-electron chi connectivity index (χ1n) is 20.4. The number of carbonyl (C=O) groups is 4. The summed E-state index contributed by atoms with van der Waals surface area (Å²) in [6, 6.07) is 31.0. The molecule has 342 valence electrons. The van der Waals surface area contributed by atoms with Gasteiger partial charge in [0.25, 0.3) is 0 Å². The molecule has 0 amide bonds. The molecule has 0 spiro atoms. The molecule has 0 aliphatic rings. The normalized spacial score (nSPS) is 10.8. The third kappa shape index (κ3) is 13.5. The van der Waals surface area contributed by atoms with E-state index >= 15 is 0 Å². The average molecular weight is 1310 g/mol. The highest BCUT2D eigenvalue weighted by molar-refractivity contribution is 9.10. The Bertz CT molecular complexity index is 2610. The minimum atomic E-state index is -0.390. The Morgan fingerprint density at radius 2 is 0.864 bits per heavy atom. The highest BCUT2D eigenvalue weighted by atomic mass is 127. The van der Waals surface area contributed by atoms with E-state index in [9.17, 15) is 19.2 Å². The van der Waals surface area contributed by atoms with E-state index in [2.05, 4.69) is 56.1 Å². The number of hydrogen-bond donors (Lipinski definition) is 0. The van der Waals surface area contributed by atoms with Crippen LogP contribution in [-0.2, 0) is 43.4 Å². The van der Waals surface area contributed by atoms with Crippen molar-refractivity contribution in [3.05, 3.63) is 185 Å². The summed E-state index contributed by atoms with van der Waals surface area (Å²) in [6.45, 7) is 8.08. The van der Waals surface area contributed by atoms with Gasteiger partial charge in [0.05, 0.1) is 46.9 Å². The van der Waals surface area contributed by atoms with E-state index in [-0.39, 0.29) is 97.5 Å². The first-order chi connectivity index (χ1) is 30.9.